The lowest BCUT2D eigenvalue weighted by molar-refractivity contribution is -0.573. The van der Waals surface area contributed by atoms with Gasteiger partial charge in [0.15, 0.2) is 6.04 Å². The predicted molar refractivity (Wildman–Crippen MR) is 74.7 cm³/mol. The summed E-state index contributed by atoms with van der Waals surface area (Å²) in [5, 5.41) is 16.8. The van der Waals surface area contributed by atoms with Crippen molar-refractivity contribution in [1.82, 2.24) is 0 Å². The molecule has 20 heavy (non-hydrogen) atoms. The van der Waals surface area contributed by atoms with Crippen LogP contribution in [0.25, 0.3) is 0 Å². The summed E-state index contributed by atoms with van der Waals surface area (Å²) in [4.78, 5) is 0. The fraction of sp³-hybridized carbons (Fsp3) is 0.529. The van der Waals surface area contributed by atoms with Gasteiger partial charge in [0.2, 0.25) is 5.71 Å². The molecule has 0 saturated heterocycles. The van der Waals surface area contributed by atoms with Crippen molar-refractivity contribution in [3.8, 4) is 0 Å². The fourth-order valence-corrected chi connectivity index (χ4v) is 5.09. The summed E-state index contributed by atoms with van der Waals surface area (Å²) < 4.78 is 2.14. The molecule has 2 fully saturated rings. The average molecular weight is 266 g/mol. The van der Waals surface area contributed by atoms with Crippen LogP contribution in [0, 0.1) is 17.8 Å². The lowest BCUT2D eigenvalue weighted by atomic mass is 9.85. The van der Waals surface area contributed by atoms with E-state index in [1.165, 1.54) is 36.1 Å². The Morgan fingerprint density at radius 2 is 1.95 bits per heavy atom. The summed E-state index contributed by atoms with van der Waals surface area (Å²) in [5.74, 6) is 1.66. The Labute approximate surface area is 118 Å². The standard InChI is InChI=1S/C17H18N2O/c20-17-15-11-5-6-12(9-11)16(15)19(18-17)14-8-7-10-3-1-2-4-13(10)14/h1-4,11-12,15-16H,5-9H2/b19-14-/t11-,12+,15?,16-/m1/s1. The number of benzene rings is 1. The molecule has 4 atom stereocenters. The molecule has 0 aromatic heterocycles. The van der Waals surface area contributed by atoms with Crippen molar-refractivity contribution in [1.29, 1.82) is 0 Å². The second kappa shape index (κ2) is 3.72. The summed E-state index contributed by atoms with van der Waals surface area (Å²) in [5.41, 5.74) is 4.04. The number of hydrogen-bond acceptors (Lipinski definition) is 2. The van der Waals surface area contributed by atoms with Crippen molar-refractivity contribution >= 4 is 11.6 Å². The first-order chi connectivity index (χ1) is 9.83. The van der Waals surface area contributed by atoms with E-state index in [0.29, 0.717) is 17.9 Å². The smallest absolute Gasteiger partial charge is 0.216 e. The molecule has 1 heterocycles. The highest BCUT2D eigenvalue weighted by atomic mass is 16.3. The van der Waals surface area contributed by atoms with Gasteiger partial charge in [-0.05, 0) is 48.3 Å². The van der Waals surface area contributed by atoms with Crippen LogP contribution in [0.3, 0.4) is 0 Å². The van der Waals surface area contributed by atoms with Gasteiger partial charge in [0.05, 0.1) is 5.92 Å². The molecule has 0 radical (unpaired) electrons. The van der Waals surface area contributed by atoms with Gasteiger partial charge in [-0.2, -0.15) is 0 Å². The molecule has 2 bridgehead atoms. The van der Waals surface area contributed by atoms with E-state index in [4.69, 9.17) is 0 Å². The van der Waals surface area contributed by atoms with Gasteiger partial charge in [0.25, 0.3) is 0 Å². The Bertz CT molecular complexity index is 661. The minimum Gasteiger partial charge on any atom is -0.857 e. The largest absolute Gasteiger partial charge is 0.857 e. The Kier molecular flexibility index (Phi) is 2.06. The van der Waals surface area contributed by atoms with E-state index in [1.54, 1.807) is 0 Å². The topological polar surface area (TPSA) is 38.4 Å². The summed E-state index contributed by atoms with van der Waals surface area (Å²) in [6, 6.07) is 8.98. The lowest BCUT2D eigenvalue weighted by Crippen LogP contribution is -2.38. The lowest BCUT2D eigenvalue weighted by Gasteiger charge is -2.22. The maximum Gasteiger partial charge on any atom is 0.216 e. The molecular formula is C17H18N2O. The Morgan fingerprint density at radius 3 is 2.90 bits per heavy atom. The van der Waals surface area contributed by atoms with Crippen molar-refractivity contribution in [3.05, 3.63) is 35.4 Å². The van der Waals surface area contributed by atoms with Crippen LogP contribution >= 0.6 is 0 Å². The average Bonchev–Trinajstić information content (AvgIpc) is 3.19. The van der Waals surface area contributed by atoms with Crippen LogP contribution in [-0.4, -0.2) is 22.3 Å². The summed E-state index contributed by atoms with van der Waals surface area (Å²) in [7, 11) is 0. The van der Waals surface area contributed by atoms with Crippen molar-refractivity contribution in [2.24, 2.45) is 22.9 Å². The quantitative estimate of drug-likeness (QED) is 0.656. The van der Waals surface area contributed by atoms with E-state index >= 15 is 0 Å². The van der Waals surface area contributed by atoms with E-state index in [0.717, 1.165) is 12.8 Å². The molecule has 5 rings (SSSR count). The van der Waals surface area contributed by atoms with E-state index in [1.807, 2.05) is 0 Å². The number of nitrogens with zero attached hydrogens (tertiary/aromatic N) is 2. The molecule has 2 saturated carbocycles. The molecule has 102 valence electrons. The SMILES string of the molecule is [O-]C1=N/[N+](=C2/CCc3ccccc32)[C@H]2C1[C@@H]1CC[C@H]2C1. The number of fused-ring (bicyclic) bond motifs is 6. The molecule has 0 amide bonds. The Morgan fingerprint density at radius 1 is 1.10 bits per heavy atom. The Balaban J connectivity index is 1.67. The van der Waals surface area contributed by atoms with Crippen molar-refractivity contribution in [2.75, 3.05) is 0 Å². The summed E-state index contributed by atoms with van der Waals surface area (Å²) in [6.07, 6.45) is 5.92. The molecule has 4 aliphatic rings. The van der Waals surface area contributed by atoms with Crippen LogP contribution in [-0.2, 0) is 6.42 Å². The normalized spacial score (nSPS) is 40.9. The molecule has 1 unspecified atom stereocenters. The molecular weight excluding hydrogens is 248 g/mol. The first kappa shape index (κ1) is 11.1. The third kappa shape index (κ3) is 1.26. The first-order valence-electron chi connectivity index (χ1n) is 7.82. The van der Waals surface area contributed by atoms with Gasteiger partial charge in [-0.25, -0.2) is 0 Å². The first-order valence-corrected chi connectivity index (χ1v) is 7.82. The molecule has 3 aliphatic carbocycles. The zero-order valence-corrected chi connectivity index (χ0v) is 11.5. The molecule has 1 aromatic carbocycles. The second-order valence-electron chi connectivity index (χ2n) is 6.74. The second-order valence-corrected chi connectivity index (χ2v) is 6.74. The van der Waals surface area contributed by atoms with E-state index in [2.05, 4.69) is 34.1 Å². The van der Waals surface area contributed by atoms with Gasteiger partial charge in [-0.3, -0.25) is 0 Å². The van der Waals surface area contributed by atoms with Gasteiger partial charge in [-0.1, -0.05) is 22.9 Å². The summed E-state index contributed by atoms with van der Waals surface area (Å²) in [6.45, 7) is 0. The van der Waals surface area contributed by atoms with E-state index < -0.39 is 0 Å². The van der Waals surface area contributed by atoms with Crippen molar-refractivity contribution < 1.29 is 9.79 Å². The van der Waals surface area contributed by atoms with Gasteiger partial charge in [0, 0.05) is 23.8 Å². The Hall–Kier alpha value is -1.64. The van der Waals surface area contributed by atoms with Crippen LogP contribution in [0.15, 0.2) is 29.4 Å². The van der Waals surface area contributed by atoms with Crippen molar-refractivity contribution in [3.63, 3.8) is 0 Å². The van der Waals surface area contributed by atoms with Gasteiger partial charge in [0.1, 0.15) is 0 Å². The molecule has 3 nitrogen and oxygen atoms in total. The maximum absolute atomic E-state index is 12.3. The monoisotopic (exact) mass is 266 g/mol. The van der Waals surface area contributed by atoms with Crippen LogP contribution in [0.2, 0.25) is 0 Å². The zero-order chi connectivity index (χ0) is 13.3. The van der Waals surface area contributed by atoms with Gasteiger partial charge in [-0.15, -0.1) is 0 Å². The van der Waals surface area contributed by atoms with Crippen molar-refractivity contribution in [2.45, 2.75) is 38.1 Å². The minimum absolute atomic E-state index is 0.152. The predicted octanol–water partition coefficient (Wildman–Crippen LogP) is 1.54. The number of hydrazone groups is 1. The van der Waals surface area contributed by atoms with E-state index in [9.17, 15) is 5.11 Å². The molecule has 1 aliphatic heterocycles. The van der Waals surface area contributed by atoms with Crippen LogP contribution in [0.1, 0.15) is 36.8 Å². The molecule has 0 N–H and O–H groups in total. The highest BCUT2D eigenvalue weighted by molar-refractivity contribution is 6.01. The maximum atomic E-state index is 12.3. The zero-order valence-electron chi connectivity index (χ0n) is 11.5. The van der Waals surface area contributed by atoms with Gasteiger partial charge >= 0.3 is 0 Å². The summed E-state index contributed by atoms with van der Waals surface area (Å²) >= 11 is 0. The molecule has 1 aromatic rings. The molecule has 0 spiro atoms. The van der Waals surface area contributed by atoms with Gasteiger partial charge < -0.3 is 5.11 Å². The number of aryl methyl sites for hydroxylation is 1. The number of rotatable bonds is 0. The van der Waals surface area contributed by atoms with Crippen LogP contribution < -0.4 is 5.11 Å². The third-order valence-electron chi connectivity index (χ3n) is 5.88. The third-order valence-corrected chi connectivity index (χ3v) is 5.88. The van der Waals surface area contributed by atoms with E-state index in [-0.39, 0.29) is 11.8 Å². The van der Waals surface area contributed by atoms with Crippen LogP contribution in [0.5, 0.6) is 0 Å². The highest BCUT2D eigenvalue weighted by Gasteiger charge is 2.58. The number of hydrogen-bond donors (Lipinski definition) is 0. The minimum atomic E-state index is 0.152. The highest BCUT2D eigenvalue weighted by Crippen LogP contribution is 2.52. The molecule has 3 heteroatoms. The fourth-order valence-electron chi connectivity index (χ4n) is 5.09. The van der Waals surface area contributed by atoms with Crippen LogP contribution in [0.4, 0.5) is 0 Å².